The van der Waals surface area contributed by atoms with Crippen LogP contribution in [0.25, 0.3) is 0 Å². The van der Waals surface area contributed by atoms with Crippen LogP contribution in [0.5, 0.6) is 0 Å². The van der Waals surface area contributed by atoms with Crippen molar-refractivity contribution < 1.29 is 4.79 Å². The third-order valence-corrected chi connectivity index (χ3v) is 3.46. The van der Waals surface area contributed by atoms with E-state index in [0.717, 1.165) is 4.68 Å². The van der Waals surface area contributed by atoms with Crippen LogP contribution >= 0.6 is 23.2 Å². The van der Waals surface area contributed by atoms with E-state index in [4.69, 9.17) is 23.2 Å². The topological polar surface area (TPSA) is 55.2 Å². The predicted molar refractivity (Wildman–Crippen MR) is 83.6 cm³/mol. The van der Waals surface area contributed by atoms with E-state index in [2.05, 4.69) is 5.10 Å². The lowest BCUT2D eigenvalue weighted by Gasteiger charge is -2.12. The zero-order chi connectivity index (χ0) is 15.6. The highest BCUT2D eigenvalue weighted by atomic mass is 35.5. The normalized spacial score (nSPS) is 10.5. The molecule has 0 amide bonds. The van der Waals surface area contributed by atoms with Crippen LogP contribution in [0.2, 0.25) is 10.0 Å². The molecule has 0 bridgehead atoms. The van der Waals surface area contributed by atoms with Crippen molar-refractivity contribution in [2.75, 3.05) is 19.0 Å². The Bertz CT molecular complexity index is 741. The summed E-state index contributed by atoms with van der Waals surface area (Å²) in [4.78, 5) is 25.9. The largest absolute Gasteiger partial charge is 0.376 e. The van der Waals surface area contributed by atoms with Gasteiger partial charge in [0.15, 0.2) is 5.78 Å². The molecule has 2 aromatic rings. The van der Waals surface area contributed by atoms with Crippen molar-refractivity contribution in [2.45, 2.75) is 6.54 Å². The summed E-state index contributed by atoms with van der Waals surface area (Å²) in [5.74, 6) is -0.324. The molecule has 0 fully saturated rings. The third kappa shape index (κ3) is 3.62. The van der Waals surface area contributed by atoms with E-state index in [1.54, 1.807) is 31.1 Å². The van der Waals surface area contributed by atoms with E-state index < -0.39 is 0 Å². The average Bonchev–Trinajstić information content (AvgIpc) is 2.43. The number of hydrogen-bond donors (Lipinski definition) is 0. The number of anilines is 1. The summed E-state index contributed by atoms with van der Waals surface area (Å²) in [6, 6.07) is 6.03. The Morgan fingerprint density at radius 3 is 2.62 bits per heavy atom. The van der Waals surface area contributed by atoms with Gasteiger partial charge in [0.1, 0.15) is 6.54 Å². The fraction of sp³-hybridized carbons (Fsp3) is 0.214. The summed E-state index contributed by atoms with van der Waals surface area (Å²) in [6.07, 6.45) is 1.52. The minimum Gasteiger partial charge on any atom is -0.376 e. The van der Waals surface area contributed by atoms with Crippen LogP contribution in [-0.4, -0.2) is 29.7 Å². The minimum atomic E-state index is -0.354. The molecule has 0 atom stereocenters. The zero-order valence-electron chi connectivity index (χ0n) is 11.5. The van der Waals surface area contributed by atoms with Gasteiger partial charge >= 0.3 is 0 Å². The van der Waals surface area contributed by atoms with E-state index in [1.165, 1.54) is 18.3 Å². The van der Waals surface area contributed by atoms with Gasteiger partial charge in [-0.3, -0.25) is 9.59 Å². The number of halogens is 2. The van der Waals surface area contributed by atoms with E-state index >= 15 is 0 Å². The lowest BCUT2D eigenvalue weighted by atomic mass is 10.1. The predicted octanol–water partition coefficient (Wildman–Crippen LogP) is 2.50. The van der Waals surface area contributed by atoms with Crippen LogP contribution in [0.15, 0.2) is 35.3 Å². The van der Waals surface area contributed by atoms with Gasteiger partial charge in [-0.05, 0) is 18.2 Å². The van der Waals surface area contributed by atoms with Gasteiger partial charge < -0.3 is 4.90 Å². The van der Waals surface area contributed by atoms with Crippen molar-refractivity contribution in [3.63, 3.8) is 0 Å². The molecule has 1 aromatic carbocycles. The van der Waals surface area contributed by atoms with E-state index in [0.29, 0.717) is 15.7 Å². The maximum Gasteiger partial charge on any atom is 0.269 e. The second-order valence-corrected chi connectivity index (χ2v) is 5.50. The minimum absolute atomic E-state index is 0.188. The standard InChI is InChI=1S/C14H13Cl2N3O2/c1-18(2)10-6-14(21)19(17-7-10)8-13(20)11-5-9(15)3-4-12(11)16/h3-7H,8H2,1-2H3. The fourth-order valence-electron chi connectivity index (χ4n) is 1.72. The van der Waals surface area contributed by atoms with E-state index in [1.807, 2.05) is 0 Å². The molecule has 21 heavy (non-hydrogen) atoms. The molecule has 0 aliphatic carbocycles. The van der Waals surface area contributed by atoms with Gasteiger partial charge in [-0.25, -0.2) is 4.68 Å². The maximum absolute atomic E-state index is 12.2. The maximum atomic E-state index is 12.2. The Hall–Kier alpha value is -1.85. The lowest BCUT2D eigenvalue weighted by molar-refractivity contribution is 0.0966. The molecule has 0 spiro atoms. The van der Waals surface area contributed by atoms with Gasteiger partial charge in [-0.15, -0.1) is 0 Å². The first-order valence-corrected chi connectivity index (χ1v) is 6.87. The Morgan fingerprint density at radius 2 is 2.00 bits per heavy atom. The molecule has 0 saturated carbocycles. The van der Waals surface area contributed by atoms with Gasteiger partial charge in [0.05, 0.1) is 16.9 Å². The van der Waals surface area contributed by atoms with Crippen molar-refractivity contribution in [2.24, 2.45) is 0 Å². The summed E-state index contributed by atoms with van der Waals surface area (Å²) in [7, 11) is 3.61. The molecule has 2 rings (SSSR count). The number of carbonyl (C=O) groups is 1. The van der Waals surface area contributed by atoms with Gasteiger partial charge in [0.25, 0.3) is 5.56 Å². The van der Waals surface area contributed by atoms with Gasteiger partial charge in [-0.2, -0.15) is 5.10 Å². The highest BCUT2D eigenvalue weighted by Crippen LogP contribution is 2.21. The fourth-order valence-corrected chi connectivity index (χ4v) is 2.11. The number of Topliss-reactive ketones (excluding diaryl/α,β-unsaturated/α-hetero) is 1. The van der Waals surface area contributed by atoms with Crippen LogP contribution in [0.3, 0.4) is 0 Å². The summed E-state index contributed by atoms with van der Waals surface area (Å²) in [5.41, 5.74) is 0.590. The molecule has 0 saturated heterocycles. The van der Waals surface area contributed by atoms with Crippen LogP contribution in [0.4, 0.5) is 5.69 Å². The first kappa shape index (κ1) is 15.5. The van der Waals surface area contributed by atoms with Crippen molar-refractivity contribution in [3.8, 4) is 0 Å². The number of rotatable bonds is 4. The molecule has 0 aliphatic heterocycles. The second kappa shape index (κ2) is 6.28. The summed E-state index contributed by atoms with van der Waals surface area (Å²) in [5, 5.41) is 4.68. The molecular formula is C14H13Cl2N3O2. The average molecular weight is 326 g/mol. The van der Waals surface area contributed by atoms with Crippen LogP contribution < -0.4 is 10.5 Å². The Morgan fingerprint density at radius 1 is 1.29 bits per heavy atom. The number of ketones is 1. The molecule has 0 N–H and O–H groups in total. The molecule has 110 valence electrons. The summed E-state index contributed by atoms with van der Waals surface area (Å²) < 4.78 is 1.09. The molecule has 0 radical (unpaired) electrons. The Labute approximate surface area is 131 Å². The third-order valence-electron chi connectivity index (χ3n) is 2.89. The molecule has 1 aromatic heterocycles. The van der Waals surface area contributed by atoms with Gasteiger partial charge in [0, 0.05) is 30.7 Å². The molecular weight excluding hydrogens is 313 g/mol. The zero-order valence-corrected chi connectivity index (χ0v) is 13.0. The summed E-state index contributed by atoms with van der Waals surface area (Å²) in [6.45, 7) is -0.188. The van der Waals surface area contributed by atoms with Crippen molar-refractivity contribution in [3.05, 3.63) is 56.4 Å². The number of benzene rings is 1. The Kier molecular flexibility index (Phi) is 4.65. The van der Waals surface area contributed by atoms with Crippen LogP contribution in [0, 0.1) is 0 Å². The van der Waals surface area contributed by atoms with Crippen molar-refractivity contribution >= 4 is 34.7 Å². The van der Waals surface area contributed by atoms with Crippen LogP contribution in [0.1, 0.15) is 10.4 Å². The van der Waals surface area contributed by atoms with E-state index in [9.17, 15) is 9.59 Å². The monoisotopic (exact) mass is 325 g/mol. The number of nitrogens with zero attached hydrogens (tertiary/aromatic N) is 3. The van der Waals surface area contributed by atoms with Crippen LogP contribution in [-0.2, 0) is 6.54 Å². The van der Waals surface area contributed by atoms with Crippen molar-refractivity contribution in [1.29, 1.82) is 0 Å². The first-order chi connectivity index (χ1) is 9.88. The SMILES string of the molecule is CN(C)c1cnn(CC(=O)c2cc(Cl)ccc2Cl)c(=O)c1. The second-order valence-electron chi connectivity index (χ2n) is 4.65. The molecule has 0 unspecified atom stereocenters. The molecule has 7 heteroatoms. The quantitative estimate of drug-likeness (QED) is 0.810. The highest BCUT2D eigenvalue weighted by Gasteiger charge is 2.13. The molecule has 0 aliphatic rings. The van der Waals surface area contributed by atoms with E-state index in [-0.39, 0.29) is 23.5 Å². The van der Waals surface area contributed by atoms with Gasteiger partial charge in [0.2, 0.25) is 0 Å². The number of carbonyl (C=O) groups excluding carboxylic acids is 1. The van der Waals surface area contributed by atoms with Gasteiger partial charge in [-0.1, -0.05) is 23.2 Å². The highest BCUT2D eigenvalue weighted by molar-refractivity contribution is 6.35. The first-order valence-electron chi connectivity index (χ1n) is 6.11. The summed E-state index contributed by atoms with van der Waals surface area (Å²) >= 11 is 11.8. The molecule has 1 heterocycles. The Balaban J connectivity index is 2.28. The smallest absolute Gasteiger partial charge is 0.269 e. The molecule has 5 nitrogen and oxygen atoms in total. The number of hydrogen-bond acceptors (Lipinski definition) is 4. The lowest BCUT2D eigenvalue weighted by Crippen LogP contribution is -2.27. The van der Waals surface area contributed by atoms with Crippen molar-refractivity contribution in [1.82, 2.24) is 9.78 Å². The number of aromatic nitrogens is 2.